The van der Waals surface area contributed by atoms with Crippen LogP contribution in [0.1, 0.15) is 22.1 Å². The minimum absolute atomic E-state index is 0.115. The standard InChI is InChI=1S/C15H17ClN6O2/c16-11-4-2-1-3-10(11)13-7-18-5-6-22(13)15(24)12-8-21(20-19-12)9-14(17)23/h1-4,8,13,18H,5-7,9H2,(H2,17,23). The van der Waals surface area contributed by atoms with E-state index in [-0.39, 0.29) is 24.2 Å². The molecule has 1 aromatic carbocycles. The number of hydrogen-bond acceptors (Lipinski definition) is 5. The lowest BCUT2D eigenvalue weighted by Gasteiger charge is -2.36. The lowest BCUT2D eigenvalue weighted by molar-refractivity contribution is -0.118. The molecule has 24 heavy (non-hydrogen) atoms. The first-order valence-corrected chi connectivity index (χ1v) is 7.88. The Balaban J connectivity index is 1.85. The SMILES string of the molecule is NC(=O)Cn1cc(C(=O)N2CCNCC2c2ccccc2Cl)nn1. The van der Waals surface area contributed by atoms with Crippen LogP contribution >= 0.6 is 11.6 Å². The van der Waals surface area contributed by atoms with Gasteiger partial charge in [-0.3, -0.25) is 9.59 Å². The molecule has 0 saturated carbocycles. The molecule has 126 valence electrons. The maximum Gasteiger partial charge on any atom is 0.276 e. The molecule has 0 spiro atoms. The molecule has 2 aromatic rings. The van der Waals surface area contributed by atoms with Gasteiger partial charge in [0.2, 0.25) is 5.91 Å². The summed E-state index contributed by atoms with van der Waals surface area (Å²) >= 11 is 6.29. The monoisotopic (exact) mass is 348 g/mol. The van der Waals surface area contributed by atoms with E-state index < -0.39 is 5.91 Å². The first-order chi connectivity index (χ1) is 11.6. The fraction of sp³-hybridized carbons (Fsp3) is 0.333. The Morgan fingerprint density at radius 1 is 1.38 bits per heavy atom. The molecule has 0 aliphatic carbocycles. The second-order valence-electron chi connectivity index (χ2n) is 5.51. The zero-order valence-corrected chi connectivity index (χ0v) is 13.6. The second kappa shape index (κ2) is 6.98. The Morgan fingerprint density at radius 3 is 2.92 bits per heavy atom. The third kappa shape index (κ3) is 3.39. The van der Waals surface area contributed by atoms with E-state index >= 15 is 0 Å². The van der Waals surface area contributed by atoms with Gasteiger partial charge in [0.15, 0.2) is 5.69 Å². The van der Waals surface area contributed by atoms with Crippen LogP contribution in [0.4, 0.5) is 0 Å². The highest BCUT2D eigenvalue weighted by Crippen LogP contribution is 2.29. The molecule has 1 fully saturated rings. The first-order valence-electron chi connectivity index (χ1n) is 7.51. The predicted molar refractivity (Wildman–Crippen MR) is 87.3 cm³/mol. The summed E-state index contributed by atoms with van der Waals surface area (Å²) in [5.41, 5.74) is 6.18. The topological polar surface area (TPSA) is 106 Å². The smallest absolute Gasteiger partial charge is 0.276 e. The molecule has 1 unspecified atom stereocenters. The fourth-order valence-electron chi connectivity index (χ4n) is 2.75. The van der Waals surface area contributed by atoms with Gasteiger partial charge in [-0.1, -0.05) is 35.0 Å². The van der Waals surface area contributed by atoms with Crippen molar-refractivity contribution in [3.05, 3.63) is 46.7 Å². The summed E-state index contributed by atoms with van der Waals surface area (Å²) in [6.45, 7) is 1.69. The summed E-state index contributed by atoms with van der Waals surface area (Å²) in [5.74, 6) is -0.799. The van der Waals surface area contributed by atoms with Crippen molar-refractivity contribution in [3.63, 3.8) is 0 Å². The normalized spacial score (nSPS) is 17.7. The number of hydrogen-bond donors (Lipinski definition) is 2. The second-order valence-corrected chi connectivity index (χ2v) is 5.91. The van der Waals surface area contributed by atoms with Crippen molar-refractivity contribution in [1.29, 1.82) is 0 Å². The summed E-state index contributed by atoms with van der Waals surface area (Å²) in [6.07, 6.45) is 1.43. The molecule has 1 aromatic heterocycles. The van der Waals surface area contributed by atoms with Gasteiger partial charge in [-0.2, -0.15) is 0 Å². The average molecular weight is 349 g/mol. The van der Waals surface area contributed by atoms with E-state index in [1.54, 1.807) is 11.0 Å². The Bertz CT molecular complexity index is 762. The molecule has 0 radical (unpaired) electrons. The van der Waals surface area contributed by atoms with Gasteiger partial charge in [-0.15, -0.1) is 5.10 Å². The van der Waals surface area contributed by atoms with E-state index in [0.29, 0.717) is 24.7 Å². The van der Waals surface area contributed by atoms with Gasteiger partial charge in [-0.05, 0) is 11.6 Å². The van der Waals surface area contributed by atoms with Crippen molar-refractivity contribution in [1.82, 2.24) is 25.2 Å². The van der Waals surface area contributed by atoms with E-state index in [1.807, 2.05) is 18.2 Å². The van der Waals surface area contributed by atoms with Crippen molar-refractivity contribution in [3.8, 4) is 0 Å². The van der Waals surface area contributed by atoms with Crippen LogP contribution < -0.4 is 11.1 Å². The summed E-state index contributed by atoms with van der Waals surface area (Å²) in [5, 5.41) is 11.5. The minimum Gasteiger partial charge on any atom is -0.368 e. The van der Waals surface area contributed by atoms with Crippen LogP contribution in [0.5, 0.6) is 0 Å². The van der Waals surface area contributed by atoms with Crippen LogP contribution in [0, 0.1) is 0 Å². The third-order valence-electron chi connectivity index (χ3n) is 3.84. The van der Waals surface area contributed by atoms with E-state index in [9.17, 15) is 9.59 Å². The summed E-state index contributed by atoms with van der Waals surface area (Å²) in [4.78, 5) is 25.5. The summed E-state index contributed by atoms with van der Waals surface area (Å²) in [6, 6.07) is 7.26. The van der Waals surface area contributed by atoms with Crippen LogP contribution in [0.15, 0.2) is 30.5 Å². The summed E-state index contributed by atoms with van der Waals surface area (Å²) in [7, 11) is 0. The number of nitrogens with zero attached hydrogens (tertiary/aromatic N) is 4. The van der Waals surface area contributed by atoms with E-state index in [4.69, 9.17) is 17.3 Å². The highest BCUT2D eigenvalue weighted by Gasteiger charge is 2.31. The van der Waals surface area contributed by atoms with Crippen LogP contribution in [-0.4, -0.2) is 51.3 Å². The lowest BCUT2D eigenvalue weighted by atomic mass is 10.0. The number of benzene rings is 1. The van der Waals surface area contributed by atoms with Gasteiger partial charge in [0.25, 0.3) is 5.91 Å². The number of carbonyl (C=O) groups is 2. The van der Waals surface area contributed by atoms with Gasteiger partial charge in [0, 0.05) is 24.7 Å². The number of nitrogens with one attached hydrogen (secondary N) is 1. The zero-order valence-electron chi connectivity index (χ0n) is 12.9. The number of amides is 2. The molecule has 1 aliphatic heterocycles. The molecule has 3 rings (SSSR count). The van der Waals surface area contributed by atoms with Crippen LogP contribution in [0.3, 0.4) is 0 Å². The van der Waals surface area contributed by atoms with Crippen molar-refractivity contribution in [2.75, 3.05) is 19.6 Å². The van der Waals surface area contributed by atoms with Crippen molar-refractivity contribution >= 4 is 23.4 Å². The minimum atomic E-state index is -0.546. The fourth-order valence-corrected chi connectivity index (χ4v) is 3.01. The Morgan fingerprint density at radius 2 is 2.17 bits per heavy atom. The molecule has 8 nitrogen and oxygen atoms in total. The largest absolute Gasteiger partial charge is 0.368 e. The average Bonchev–Trinajstić information content (AvgIpc) is 3.02. The molecule has 2 amide bonds. The Kier molecular flexibility index (Phi) is 4.77. The van der Waals surface area contributed by atoms with Gasteiger partial charge >= 0.3 is 0 Å². The third-order valence-corrected chi connectivity index (χ3v) is 4.19. The van der Waals surface area contributed by atoms with E-state index in [0.717, 1.165) is 5.56 Å². The van der Waals surface area contributed by atoms with Gasteiger partial charge < -0.3 is 16.0 Å². The van der Waals surface area contributed by atoms with Crippen LogP contribution in [0.25, 0.3) is 0 Å². The van der Waals surface area contributed by atoms with Crippen molar-refractivity contribution < 1.29 is 9.59 Å². The lowest BCUT2D eigenvalue weighted by Crippen LogP contribution is -2.48. The molecular formula is C15H17ClN6O2. The van der Waals surface area contributed by atoms with Gasteiger partial charge in [0.1, 0.15) is 6.54 Å². The molecule has 2 heterocycles. The Labute approximate surface area is 143 Å². The van der Waals surface area contributed by atoms with E-state index in [2.05, 4.69) is 15.6 Å². The van der Waals surface area contributed by atoms with Crippen molar-refractivity contribution in [2.24, 2.45) is 5.73 Å². The zero-order chi connectivity index (χ0) is 17.1. The maximum atomic E-state index is 12.8. The number of carbonyl (C=O) groups excluding carboxylic acids is 2. The summed E-state index contributed by atoms with van der Waals surface area (Å²) < 4.78 is 1.25. The number of rotatable bonds is 4. The maximum absolute atomic E-state index is 12.8. The molecule has 1 saturated heterocycles. The molecule has 0 bridgehead atoms. The predicted octanol–water partition coefficient (Wildman–Crippen LogP) is 0.204. The number of nitrogens with two attached hydrogens (primary N) is 1. The van der Waals surface area contributed by atoms with Crippen LogP contribution in [0.2, 0.25) is 5.02 Å². The molecular weight excluding hydrogens is 332 g/mol. The molecule has 1 aliphatic rings. The van der Waals surface area contributed by atoms with Crippen molar-refractivity contribution in [2.45, 2.75) is 12.6 Å². The number of piperazine rings is 1. The highest BCUT2D eigenvalue weighted by atomic mass is 35.5. The molecule has 1 atom stereocenters. The Hall–Kier alpha value is -2.45. The quantitative estimate of drug-likeness (QED) is 0.821. The number of halogens is 1. The molecule has 9 heteroatoms. The molecule has 3 N–H and O–H groups in total. The van der Waals surface area contributed by atoms with Gasteiger partial charge in [-0.25, -0.2) is 4.68 Å². The first kappa shape index (κ1) is 16.4. The highest BCUT2D eigenvalue weighted by molar-refractivity contribution is 6.31. The number of primary amides is 1. The van der Waals surface area contributed by atoms with Crippen LogP contribution in [-0.2, 0) is 11.3 Å². The van der Waals surface area contributed by atoms with Gasteiger partial charge in [0.05, 0.1) is 12.2 Å². The number of aromatic nitrogens is 3. The van der Waals surface area contributed by atoms with E-state index in [1.165, 1.54) is 10.9 Å².